The van der Waals surface area contributed by atoms with Gasteiger partial charge in [0.1, 0.15) is 0 Å². The maximum absolute atomic E-state index is 12.2. The highest BCUT2D eigenvalue weighted by atomic mass is 16.6. The molecular weight excluding hydrogens is 258 g/mol. The van der Waals surface area contributed by atoms with Gasteiger partial charge in [0.25, 0.3) is 11.6 Å². The number of nitro benzene ring substituents is 1. The van der Waals surface area contributed by atoms with Gasteiger partial charge in [-0.15, -0.1) is 0 Å². The molecule has 0 atom stereocenters. The Morgan fingerprint density at radius 1 is 1.45 bits per heavy atom. The van der Waals surface area contributed by atoms with E-state index in [0.717, 1.165) is 12.8 Å². The molecule has 2 rings (SSSR count). The summed E-state index contributed by atoms with van der Waals surface area (Å²) in [6, 6.07) is 4.31. The quantitative estimate of drug-likeness (QED) is 0.618. The third kappa shape index (κ3) is 3.26. The summed E-state index contributed by atoms with van der Waals surface area (Å²) in [5, 5.41) is 16.7. The molecule has 108 valence electrons. The molecular formula is C14H19N3O3. The van der Waals surface area contributed by atoms with Crippen LogP contribution < -0.4 is 10.6 Å². The molecule has 0 aromatic heterocycles. The van der Waals surface area contributed by atoms with Crippen molar-refractivity contribution in [1.82, 2.24) is 5.32 Å². The van der Waals surface area contributed by atoms with Gasteiger partial charge >= 0.3 is 0 Å². The first-order chi connectivity index (χ1) is 9.61. The van der Waals surface area contributed by atoms with E-state index in [1.165, 1.54) is 18.6 Å². The molecule has 1 amide bonds. The zero-order chi connectivity index (χ0) is 14.5. The molecule has 6 heteroatoms. The zero-order valence-electron chi connectivity index (χ0n) is 11.5. The molecule has 1 aliphatic rings. The van der Waals surface area contributed by atoms with E-state index >= 15 is 0 Å². The number of amides is 1. The summed E-state index contributed by atoms with van der Waals surface area (Å²) in [4.78, 5) is 22.5. The van der Waals surface area contributed by atoms with Crippen molar-refractivity contribution in [2.75, 3.05) is 18.4 Å². The van der Waals surface area contributed by atoms with Gasteiger partial charge in [-0.1, -0.05) is 6.42 Å². The van der Waals surface area contributed by atoms with Crippen LogP contribution in [0.25, 0.3) is 0 Å². The van der Waals surface area contributed by atoms with Crippen molar-refractivity contribution in [3.05, 3.63) is 33.9 Å². The van der Waals surface area contributed by atoms with E-state index in [2.05, 4.69) is 10.6 Å². The fourth-order valence-corrected chi connectivity index (χ4v) is 2.21. The van der Waals surface area contributed by atoms with Gasteiger partial charge in [-0.25, -0.2) is 0 Å². The largest absolute Gasteiger partial charge is 0.385 e. The molecule has 2 N–H and O–H groups in total. The summed E-state index contributed by atoms with van der Waals surface area (Å²) in [7, 11) is 0. The molecule has 6 nitrogen and oxygen atoms in total. The minimum atomic E-state index is -0.488. The van der Waals surface area contributed by atoms with Crippen LogP contribution in [-0.2, 0) is 0 Å². The number of nitro groups is 1. The van der Waals surface area contributed by atoms with Crippen LogP contribution in [0.4, 0.5) is 11.4 Å². The van der Waals surface area contributed by atoms with Crippen LogP contribution in [0.2, 0.25) is 0 Å². The van der Waals surface area contributed by atoms with Crippen molar-refractivity contribution in [3.8, 4) is 0 Å². The van der Waals surface area contributed by atoms with E-state index < -0.39 is 4.92 Å². The lowest BCUT2D eigenvalue weighted by Crippen LogP contribution is -2.32. The first kappa shape index (κ1) is 14.3. The lowest BCUT2D eigenvalue weighted by molar-refractivity contribution is -0.384. The first-order valence-electron chi connectivity index (χ1n) is 6.92. The van der Waals surface area contributed by atoms with E-state index in [1.807, 2.05) is 6.92 Å². The summed E-state index contributed by atoms with van der Waals surface area (Å²) in [5.74, 6) is 0.303. The molecule has 1 aromatic carbocycles. The number of nitrogens with one attached hydrogen (secondary N) is 2. The zero-order valence-corrected chi connectivity index (χ0v) is 11.5. The number of anilines is 1. The van der Waals surface area contributed by atoms with Crippen molar-refractivity contribution in [3.63, 3.8) is 0 Å². The predicted octanol–water partition coefficient (Wildman–Crippen LogP) is 2.56. The van der Waals surface area contributed by atoms with Crippen LogP contribution in [0.15, 0.2) is 18.2 Å². The van der Waals surface area contributed by atoms with Gasteiger partial charge in [0.15, 0.2) is 0 Å². The summed E-state index contributed by atoms with van der Waals surface area (Å²) < 4.78 is 0. The van der Waals surface area contributed by atoms with E-state index in [-0.39, 0.29) is 11.6 Å². The third-order valence-corrected chi connectivity index (χ3v) is 3.60. The summed E-state index contributed by atoms with van der Waals surface area (Å²) in [5.41, 5.74) is 0.894. The molecule has 0 spiro atoms. The molecule has 0 bridgehead atoms. The maximum Gasteiger partial charge on any atom is 0.270 e. The highest BCUT2D eigenvalue weighted by molar-refractivity contribution is 6.00. The fraction of sp³-hybridized carbons (Fsp3) is 0.500. The lowest BCUT2D eigenvalue weighted by Gasteiger charge is -2.25. The number of rotatable bonds is 6. The molecule has 1 saturated carbocycles. The Balaban J connectivity index is 2.14. The fourth-order valence-electron chi connectivity index (χ4n) is 2.21. The number of non-ortho nitro benzene ring substituents is 1. The minimum Gasteiger partial charge on any atom is -0.385 e. The summed E-state index contributed by atoms with van der Waals surface area (Å²) >= 11 is 0. The van der Waals surface area contributed by atoms with Crippen LogP contribution >= 0.6 is 0 Å². The second-order valence-corrected chi connectivity index (χ2v) is 5.02. The monoisotopic (exact) mass is 277 g/mol. The number of hydrogen-bond acceptors (Lipinski definition) is 4. The molecule has 0 radical (unpaired) electrons. The Morgan fingerprint density at radius 2 is 2.20 bits per heavy atom. The Labute approximate surface area is 117 Å². The van der Waals surface area contributed by atoms with E-state index in [1.54, 1.807) is 6.07 Å². The Bertz CT molecular complexity index is 512. The topological polar surface area (TPSA) is 84.3 Å². The Morgan fingerprint density at radius 3 is 2.75 bits per heavy atom. The maximum atomic E-state index is 12.2. The number of hydrogen-bond donors (Lipinski definition) is 2. The van der Waals surface area contributed by atoms with Gasteiger partial charge < -0.3 is 10.6 Å². The van der Waals surface area contributed by atoms with E-state index in [9.17, 15) is 14.9 Å². The van der Waals surface area contributed by atoms with Gasteiger partial charge in [0.2, 0.25) is 0 Å². The minimum absolute atomic E-state index is 0.0690. The molecule has 1 aromatic rings. The molecule has 0 heterocycles. The summed E-state index contributed by atoms with van der Waals surface area (Å²) in [6.45, 7) is 3.21. The van der Waals surface area contributed by atoms with Gasteiger partial charge in [0.05, 0.1) is 10.5 Å². The number of nitrogens with zero attached hydrogens (tertiary/aromatic N) is 1. The first-order valence-corrected chi connectivity index (χ1v) is 6.92. The van der Waals surface area contributed by atoms with Crippen LogP contribution in [0, 0.1) is 16.0 Å². The van der Waals surface area contributed by atoms with E-state index in [0.29, 0.717) is 30.3 Å². The highest BCUT2D eigenvalue weighted by Gasteiger charge is 2.20. The second kappa shape index (κ2) is 6.36. The van der Waals surface area contributed by atoms with Gasteiger partial charge in [-0.2, -0.15) is 0 Å². The average Bonchev–Trinajstić information content (AvgIpc) is 2.37. The van der Waals surface area contributed by atoms with Crippen molar-refractivity contribution in [2.45, 2.75) is 26.2 Å². The molecule has 1 fully saturated rings. The van der Waals surface area contributed by atoms with Crippen molar-refractivity contribution in [1.29, 1.82) is 0 Å². The highest BCUT2D eigenvalue weighted by Crippen LogP contribution is 2.26. The molecule has 0 aliphatic heterocycles. The van der Waals surface area contributed by atoms with Crippen molar-refractivity contribution < 1.29 is 9.72 Å². The van der Waals surface area contributed by atoms with E-state index in [4.69, 9.17) is 0 Å². The average molecular weight is 277 g/mol. The third-order valence-electron chi connectivity index (χ3n) is 3.60. The van der Waals surface area contributed by atoms with Crippen LogP contribution in [0.1, 0.15) is 36.5 Å². The van der Waals surface area contributed by atoms with Crippen molar-refractivity contribution in [2.24, 2.45) is 5.92 Å². The Kier molecular flexibility index (Phi) is 4.55. The van der Waals surface area contributed by atoms with Crippen LogP contribution in [0.3, 0.4) is 0 Å². The van der Waals surface area contributed by atoms with Gasteiger partial charge in [0, 0.05) is 30.9 Å². The second-order valence-electron chi connectivity index (χ2n) is 5.02. The molecule has 0 unspecified atom stereocenters. The smallest absolute Gasteiger partial charge is 0.270 e. The SMILES string of the molecule is CCNc1ccc([N+](=O)[O-])cc1C(=O)NCC1CCC1. The van der Waals surface area contributed by atoms with Crippen molar-refractivity contribution >= 4 is 17.3 Å². The number of carbonyl (C=O) groups excluding carboxylic acids is 1. The molecule has 1 aliphatic carbocycles. The Hall–Kier alpha value is -2.11. The van der Waals surface area contributed by atoms with Crippen LogP contribution in [0.5, 0.6) is 0 Å². The number of benzene rings is 1. The molecule has 20 heavy (non-hydrogen) atoms. The molecule has 0 saturated heterocycles. The number of carbonyl (C=O) groups is 1. The predicted molar refractivity (Wildman–Crippen MR) is 76.9 cm³/mol. The van der Waals surface area contributed by atoms with Gasteiger partial charge in [-0.05, 0) is 31.7 Å². The normalized spacial score (nSPS) is 14.4. The standard InChI is InChI=1S/C14H19N3O3/c1-2-15-13-7-6-11(17(19)20)8-12(13)14(18)16-9-10-4-3-5-10/h6-8,10,15H,2-5,9H2,1H3,(H,16,18). The van der Waals surface area contributed by atoms with Crippen LogP contribution in [-0.4, -0.2) is 23.9 Å². The van der Waals surface area contributed by atoms with Gasteiger partial charge in [-0.3, -0.25) is 14.9 Å². The lowest BCUT2D eigenvalue weighted by atomic mass is 9.85. The summed E-state index contributed by atoms with van der Waals surface area (Å²) in [6.07, 6.45) is 3.52.